The highest BCUT2D eigenvalue weighted by Crippen LogP contribution is 2.67. The minimum Gasteiger partial charge on any atom is -0.446 e. The van der Waals surface area contributed by atoms with Crippen molar-refractivity contribution in [1.29, 1.82) is 0 Å². The average molecular weight is 529 g/mol. The minimum atomic E-state index is -0.243. The van der Waals surface area contributed by atoms with Gasteiger partial charge in [0.1, 0.15) is 6.10 Å². The van der Waals surface area contributed by atoms with E-state index in [2.05, 4.69) is 57.8 Å². The second-order valence-electron chi connectivity index (χ2n) is 15.0. The molecule has 9 atom stereocenters. The Morgan fingerprint density at radius 1 is 1.08 bits per heavy atom. The number of hydrogen-bond donors (Lipinski definition) is 1. The zero-order valence-electron chi connectivity index (χ0n) is 26.2. The molecule has 4 aliphatic carbocycles. The van der Waals surface area contributed by atoms with Crippen LogP contribution in [0.3, 0.4) is 0 Å². The van der Waals surface area contributed by atoms with Gasteiger partial charge >= 0.3 is 6.09 Å². The van der Waals surface area contributed by atoms with Crippen LogP contribution in [-0.4, -0.2) is 44.3 Å². The van der Waals surface area contributed by atoms with E-state index in [1.807, 2.05) is 14.1 Å². The molecule has 3 saturated carbocycles. The average Bonchev–Trinajstić information content (AvgIpc) is 3.21. The number of ether oxygens (including phenoxy) is 1. The van der Waals surface area contributed by atoms with E-state index < -0.39 is 0 Å². The Labute approximate surface area is 235 Å². The molecule has 0 aliphatic heterocycles. The molecule has 1 unspecified atom stereocenters. The van der Waals surface area contributed by atoms with Crippen LogP contribution in [0.2, 0.25) is 0 Å². The lowest BCUT2D eigenvalue weighted by atomic mass is 9.47. The Hall–Kier alpha value is -1.03. The molecule has 0 heterocycles. The highest BCUT2D eigenvalue weighted by Gasteiger charge is 2.59. The zero-order valence-corrected chi connectivity index (χ0v) is 26.2. The van der Waals surface area contributed by atoms with Gasteiger partial charge in [-0.05, 0) is 118 Å². The third-order valence-electron chi connectivity index (χ3n) is 12.4. The summed E-state index contributed by atoms with van der Waals surface area (Å²) < 4.78 is 5.88. The molecule has 0 aromatic carbocycles. The first-order valence-corrected chi connectivity index (χ1v) is 16.3. The predicted octanol–water partition coefficient (Wildman–Crippen LogP) is 8.32. The maximum Gasteiger partial charge on any atom is 0.407 e. The van der Waals surface area contributed by atoms with Gasteiger partial charge in [-0.1, -0.05) is 66.0 Å². The van der Waals surface area contributed by atoms with Gasteiger partial charge in [0.05, 0.1) is 0 Å². The highest BCUT2D eigenvalue weighted by atomic mass is 16.6. The number of rotatable bonds is 10. The SMILES string of the molecule is CCC(CC[C@@H](C)[C@H]1CC[C@H]2[C@@H]3CC=C4C[C@@H](OC(=O)NCCN(C)C)CC[C@]4(C)[C@H]3CC[C@]12C)C(C)C. The largest absolute Gasteiger partial charge is 0.446 e. The number of fused-ring (bicyclic) bond motifs is 5. The van der Waals surface area contributed by atoms with Crippen LogP contribution in [0.1, 0.15) is 112 Å². The van der Waals surface area contributed by atoms with Gasteiger partial charge in [0.2, 0.25) is 0 Å². The number of allylic oxidation sites excluding steroid dienone is 1. The molecule has 0 bridgehead atoms. The summed E-state index contributed by atoms with van der Waals surface area (Å²) in [5.41, 5.74) is 2.44. The van der Waals surface area contributed by atoms with E-state index in [1.54, 1.807) is 5.57 Å². The summed E-state index contributed by atoms with van der Waals surface area (Å²) in [6.45, 7) is 16.5. The van der Waals surface area contributed by atoms with E-state index in [1.165, 1.54) is 57.8 Å². The Bertz CT molecular complexity index is 836. The van der Waals surface area contributed by atoms with Gasteiger partial charge in [-0.15, -0.1) is 0 Å². The first-order chi connectivity index (χ1) is 18.0. The predicted molar refractivity (Wildman–Crippen MR) is 159 cm³/mol. The van der Waals surface area contributed by atoms with E-state index in [9.17, 15) is 4.79 Å². The van der Waals surface area contributed by atoms with Crippen molar-refractivity contribution in [3.8, 4) is 0 Å². The molecule has 1 N–H and O–H groups in total. The normalized spacial score (nSPS) is 38.2. The number of amides is 1. The van der Waals surface area contributed by atoms with Crippen molar-refractivity contribution in [2.24, 2.45) is 52.3 Å². The second-order valence-corrected chi connectivity index (χ2v) is 15.0. The van der Waals surface area contributed by atoms with Crippen molar-refractivity contribution in [1.82, 2.24) is 10.2 Å². The summed E-state index contributed by atoms with van der Waals surface area (Å²) in [7, 11) is 4.04. The maximum absolute atomic E-state index is 12.4. The third-order valence-corrected chi connectivity index (χ3v) is 12.4. The highest BCUT2D eigenvalue weighted by molar-refractivity contribution is 5.67. The molecule has 0 saturated heterocycles. The van der Waals surface area contributed by atoms with Crippen molar-refractivity contribution >= 4 is 6.09 Å². The molecule has 0 aromatic rings. The minimum absolute atomic E-state index is 0.0357. The molecule has 1 amide bonds. The summed E-state index contributed by atoms with van der Waals surface area (Å²) in [5, 5.41) is 2.93. The molecule has 4 nitrogen and oxygen atoms in total. The number of carbonyl (C=O) groups is 1. The van der Waals surface area contributed by atoms with Gasteiger partial charge in [0, 0.05) is 19.5 Å². The van der Waals surface area contributed by atoms with Crippen molar-refractivity contribution in [3.63, 3.8) is 0 Å². The topological polar surface area (TPSA) is 41.6 Å². The maximum atomic E-state index is 12.4. The quantitative estimate of drug-likeness (QED) is 0.290. The van der Waals surface area contributed by atoms with E-state index in [0.717, 1.165) is 60.8 Å². The van der Waals surface area contributed by atoms with Gasteiger partial charge in [-0.2, -0.15) is 0 Å². The van der Waals surface area contributed by atoms with Gasteiger partial charge in [-0.3, -0.25) is 0 Å². The van der Waals surface area contributed by atoms with Crippen molar-refractivity contribution < 1.29 is 9.53 Å². The van der Waals surface area contributed by atoms with Crippen LogP contribution < -0.4 is 5.32 Å². The van der Waals surface area contributed by atoms with Gasteiger partial charge < -0.3 is 15.0 Å². The van der Waals surface area contributed by atoms with E-state index in [4.69, 9.17) is 4.74 Å². The van der Waals surface area contributed by atoms with Crippen molar-refractivity contribution in [2.75, 3.05) is 27.2 Å². The van der Waals surface area contributed by atoms with Crippen LogP contribution in [0.15, 0.2) is 11.6 Å². The van der Waals surface area contributed by atoms with Crippen LogP contribution in [0, 0.1) is 52.3 Å². The van der Waals surface area contributed by atoms with Crippen molar-refractivity contribution in [3.05, 3.63) is 11.6 Å². The summed E-state index contributed by atoms with van der Waals surface area (Å²) in [5.74, 6) is 6.04. The number of carbonyl (C=O) groups excluding carboxylic acids is 1. The molecule has 38 heavy (non-hydrogen) atoms. The molecule has 218 valence electrons. The number of likely N-dealkylation sites (N-methyl/N-ethyl adjacent to an activating group) is 1. The van der Waals surface area contributed by atoms with Gasteiger partial charge in [-0.25, -0.2) is 4.79 Å². The molecular weight excluding hydrogens is 468 g/mol. The standard InChI is InChI=1S/C34H60N2O2/c1-9-25(23(2)3)11-10-24(4)29-14-15-30-28-13-12-26-22-27(38-32(37)35-20-21-36(7)8)16-18-33(26,5)31(28)17-19-34(29,30)6/h12,23-25,27-31H,9-11,13-22H2,1-8H3,(H,35,37)/t24-,25?,27+,28+,29-,30+,31+,33+,34-/m1/s1. The van der Waals surface area contributed by atoms with Crippen LogP contribution in [0.25, 0.3) is 0 Å². The fourth-order valence-electron chi connectivity index (χ4n) is 9.97. The third kappa shape index (κ3) is 6.01. The fraction of sp³-hybridized carbons (Fsp3) is 0.912. The lowest BCUT2D eigenvalue weighted by molar-refractivity contribution is -0.0583. The smallest absolute Gasteiger partial charge is 0.407 e. The lowest BCUT2D eigenvalue weighted by Gasteiger charge is -2.58. The molecular formula is C34H60N2O2. The number of alkyl carbamates (subject to hydrolysis) is 1. The summed E-state index contributed by atoms with van der Waals surface area (Å²) in [6.07, 6.45) is 16.7. The second kappa shape index (κ2) is 12.2. The van der Waals surface area contributed by atoms with Gasteiger partial charge in [0.25, 0.3) is 0 Å². The molecule has 0 spiro atoms. The van der Waals surface area contributed by atoms with Crippen LogP contribution in [0.4, 0.5) is 4.79 Å². The summed E-state index contributed by atoms with van der Waals surface area (Å²) in [6, 6.07) is 0. The van der Waals surface area contributed by atoms with E-state index in [0.29, 0.717) is 17.4 Å². The number of hydrogen-bond acceptors (Lipinski definition) is 3. The Morgan fingerprint density at radius 3 is 2.53 bits per heavy atom. The van der Waals surface area contributed by atoms with Crippen molar-refractivity contribution in [2.45, 2.75) is 118 Å². The Kier molecular flexibility index (Phi) is 9.64. The molecule has 0 aromatic heterocycles. The first kappa shape index (κ1) is 29.9. The van der Waals surface area contributed by atoms with Crippen LogP contribution in [0.5, 0.6) is 0 Å². The molecule has 0 radical (unpaired) electrons. The van der Waals surface area contributed by atoms with Crippen LogP contribution >= 0.6 is 0 Å². The van der Waals surface area contributed by atoms with Gasteiger partial charge in [0.15, 0.2) is 0 Å². The molecule has 4 rings (SSSR count). The van der Waals surface area contributed by atoms with E-state index in [-0.39, 0.29) is 12.2 Å². The number of nitrogens with zero attached hydrogens (tertiary/aromatic N) is 1. The summed E-state index contributed by atoms with van der Waals surface area (Å²) in [4.78, 5) is 14.4. The summed E-state index contributed by atoms with van der Waals surface area (Å²) >= 11 is 0. The Balaban J connectivity index is 1.37. The lowest BCUT2D eigenvalue weighted by Crippen LogP contribution is -2.51. The fourth-order valence-corrected chi connectivity index (χ4v) is 9.97. The molecule has 4 aliphatic rings. The molecule has 3 fully saturated rings. The Morgan fingerprint density at radius 2 is 1.84 bits per heavy atom. The van der Waals surface area contributed by atoms with Crippen LogP contribution in [-0.2, 0) is 4.74 Å². The molecule has 4 heteroatoms. The monoisotopic (exact) mass is 528 g/mol. The number of nitrogens with one attached hydrogen (secondary N) is 1. The first-order valence-electron chi connectivity index (χ1n) is 16.3. The van der Waals surface area contributed by atoms with E-state index >= 15 is 0 Å². The zero-order chi connectivity index (χ0) is 27.7.